The number of hydrogen-bond acceptors (Lipinski definition) is 15. The van der Waals surface area contributed by atoms with Gasteiger partial charge in [-0.3, -0.25) is 37.3 Å². The average Bonchev–Trinajstić information content (AvgIpc) is 1.04. The second-order valence-corrected chi connectivity index (χ2v) is 28.8. The van der Waals surface area contributed by atoms with Crippen molar-refractivity contribution in [1.82, 2.24) is 0 Å². The van der Waals surface area contributed by atoms with E-state index < -0.39 is 97.5 Å². The summed E-state index contributed by atoms with van der Waals surface area (Å²) in [5.41, 5.74) is 0. The van der Waals surface area contributed by atoms with Crippen molar-refractivity contribution >= 4 is 39.5 Å². The first-order chi connectivity index (χ1) is 47.7. The van der Waals surface area contributed by atoms with Crippen molar-refractivity contribution in [3.8, 4) is 0 Å². The molecule has 0 fully saturated rings. The summed E-state index contributed by atoms with van der Waals surface area (Å²) in [6.07, 6.45) is 72.7. The van der Waals surface area contributed by atoms with Crippen LogP contribution in [0, 0.1) is 0 Å². The van der Waals surface area contributed by atoms with Crippen LogP contribution in [-0.2, 0) is 65.4 Å². The van der Waals surface area contributed by atoms with Crippen LogP contribution in [0.1, 0.15) is 336 Å². The highest BCUT2D eigenvalue weighted by molar-refractivity contribution is 7.47. The molecule has 0 aromatic heterocycles. The maximum atomic E-state index is 13.1. The normalized spacial score (nSPS) is 14.4. The lowest BCUT2D eigenvalue weighted by Crippen LogP contribution is -2.30. The Hall–Kier alpha value is -3.76. The fourth-order valence-corrected chi connectivity index (χ4v) is 11.9. The summed E-state index contributed by atoms with van der Waals surface area (Å²) in [7, 11) is -9.96. The van der Waals surface area contributed by atoms with Gasteiger partial charge in [0.1, 0.15) is 19.3 Å². The van der Waals surface area contributed by atoms with Gasteiger partial charge < -0.3 is 33.8 Å². The third kappa shape index (κ3) is 70.7. The number of carbonyl (C=O) groups excluding carboxylic acids is 4. The molecule has 0 aromatic rings. The number of hydrogen-bond donors (Lipinski definition) is 3. The number of carbonyl (C=O) groups is 4. The molecular formula is C79H140O17P2. The summed E-state index contributed by atoms with van der Waals surface area (Å²) < 4.78 is 68.5. The molecule has 0 saturated heterocycles. The maximum absolute atomic E-state index is 13.1. The molecule has 0 heterocycles. The molecule has 0 rings (SSSR count). The van der Waals surface area contributed by atoms with E-state index >= 15 is 0 Å². The highest BCUT2D eigenvalue weighted by Gasteiger charge is 2.30. The van der Waals surface area contributed by atoms with Crippen LogP contribution in [0.4, 0.5) is 0 Å². The van der Waals surface area contributed by atoms with Crippen molar-refractivity contribution in [3.63, 3.8) is 0 Å². The van der Waals surface area contributed by atoms with Crippen molar-refractivity contribution in [3.05, 3.63) is 85.1 Å². The van der Waals surface area contributed by atoms with Gasteiger partial charge >= 0.3 is 39.5 Å². The van der Waals surface area contributed by atoms with Crippen LogP contribution < -0.4 is 0 Å². The molecule has 98 heavy (non-hydrogen) atoms. The Balaban J connectivity index is 5.37. The molecule has 19 heteroatoms. The number of rotatable bonds is 73. The molecule has 0 amide bonds. The molecule has 0 saturated carbocycles. The Kier molecular flexibility index (Phi) is 68.9. The van der Waals surface area contributed by atoms with Crippen LogP contribution in [0.2, 0.25) is 0 Å². The fourth-order valence-electron chi connectivity index (χ4n) is 10.3. The lowest BCUT2D eigenvalue weighted by atomic mass is 10.1. The van der Waals surface area contributed by atoms with E-state index in [4.69, 9.17) is 37.0 Å². The first kappa shape index (κ1) is 94.2. The lowest BCUT2D eigenvalue weighted by Gasteiger charge is -2.21. The number of phosphoric ester groups is 2. The summed E-state index contributed by atoms with van der Waals surface area (Å²) in [4.78, 5) is 72.9. The number of phosphoric acid groups is 2. The molecular weight excluding hydrogens is 1280 g/mol. The minimum Gasteiger partial charge on any atom is -0.462 e. The second-order valence-electron chi connectivity index (χ2n) is 25.9. The zero-order chi connectivity index (χ0) is 71.8. The van der Waals surface area contributed by atoms with Crippen molar-refractivity contribution in [2.24, 2.45) is 0 Å². The zero-order valence-corrected chi connectivity index (χ0v) is 63.7. The van der Waals surface area contributed by atoms with E-state index in [0.29, 0.717) is 25.7 Å². The molecule has 17 nitrogen and oxygen atoms in total. The van der Waals surface area contributed by atoms with Gasteiger partial charge in [0.25, 0.3) is 0 Å². The standard InChI is InChI=1S/C79H140O17P2/c1-5-9-13-17-21-25-29-33-36-40-43-47-51-55-59-63-76(81)89-69-74(95-78(83)65-61-57-53-49-45-39-32-28-24-20-16-12-8-4)71-93-97(85,86)91-67-73(80)68-92-98(87,88)94-72-75(96-79(84)66-62-58-54-50-46-42-38-35-31-27-23-19-15-11-7-3)70-90-77(82)64-60-56-52-48-44-41-37-34-30-26-22-18-14-10-6-2/h21-23,25-28,32-38,73-75,80H,5-20,24,29-31,39-72H2,1-4H3,(H,85,86)(H,87,88)/t73?,74-,75-/m1/s1. The SMILES string of the molecule is CCCCCC=CCC=CCCCCCCCC(=O)OC[C@H](COP(=O)(O)OCC(O)COP(=O)(O)OC[C@@H](COC(=O)CCCCCCCC=CCC=CCCCCC)OC(=O)CCCCCCCC=CCCCCCC)OC(=O)CCCCCCCC=CCC=CCCCCC. The van der Waals surface area contributed by atoms with Crippen LogP contribution >= 0.6 is 15.6 Å². The largest absolute Gasteiger partial charge is 0.472 e. The summed E-state index contributed by atoms with van der Waals surface area (Å²) in [6.45, 7) is 4.75. The van der Waals surface area contributed by atoms with Gasteiger partial charge in [-0.05, 0) is 148 Å². The zero-order valence-electron chi connectivity index (χ0n) is 62.0. The molecule has 3 N–H and O–H groups in total. The predicted molar refractivity (Wildman–Crippen MR) is 399 cm³/mol. The molecule has 5 atom stereocenters. The van der Waals surface area contributed by atoms with E-state index in [2.05, 4.69) is 113 Å². The van der Waals surface area contributed by atoms with Crippen LogP contribution in [0.5, 0.6) is 0 Å². The monoisotopic (exact) mass is 1420 g/mol. The summed E-state index contributed by atoms with van der Waals surface area (Å²) in [6, 6.07) is 0. The Bertz CT molecular complexity index is 2190. The molecule has 0 spiro atoms. The Morgan fingerprint density at radius 3 is 0.786 bits per heavy atom. The van der Waals surface area contributed by atoms with Crippen molar-refractivity contribution in [2.75, 3.05) is 39.6 Å². The van der Waals surface area contributed by atoms with E-state index in [1.807, 2.05) is 0 Å². The van der Waals surface area contributed by atoms with Gasteiger partial charge in [-0.15, -0.1) is 0 Å². The fraction of sp³-hybridized carbons (Fsp3) is 0.772. The quantitative estimate of drug-likeness (QED) is 0.0169. The third-order valence-corrected chi connectivity index (χ3v) is 18.2. The van der Waals surface area contributed by atoms with Gasteiger partial charge in [0.05, 0.1) is 26.4 Å². The smallest absolute Gasteiger partial charge is 0.462 e. The number of allylic oxidation sites excluding steroid dienone is 14. The maximum Gasteiger partial charge on any atom is 0.472 e. The summed E-state index contributed by atoms with van der Waals surface area (Å²) >= 11 is 0. The molecule has 568 valence electrons. The number of unbranched alkanes of at least 4 members (excludes halogenated alkanes) is 33. The van der Waals surface area contributed by atoms with Gasteiger partial charge in [-0.1, -0.05) is 248 Å². The third-order valence-electron chi connectivity index (χ3n) is 16.3. The molecule has 0 aromatic carbocycles. The minimum atomic E-state index is -4.98. The van der Waals surface area contributed by atoms with E-state index in [-0.39, 0.29) is 25.7 Å². The van der Waals surface area contributed by atoms with Crippen LogP contribution in [0.3, 0.4) is 0 Å². The summed E-state index contributed by atoms with van der Waals surface area (Å²) in [5, 5.41) is 10.6. The lowest BCUT2D eigenvalue weighted by molar-refractivity contribution is -0.161. The number of aliphatic hydroxyl groups is 1. The van der Waals surface area contributed by atoms with Crippen LogP contribution in [0.25, 0.3) is 0 Å². The minimum absolute atomic E-state index is 0.0767. The number of esters is 4. The average molecular weight is 1420 g/mol. The van der Waals surface area contributed by atoms with Gasteiger partial charge in [0, 0.05) is 25.7 Å². The number of aliphatic hydroxyl groups excluding tert-OH is 1. The van der Waals surface area contributed by atoms with Crippen LogP contribution in [0.15, 0.2) is 85.1 Å². The van der Waals surface area contributed by atoms with Crippen LogP contribution in [-0.4, -0.2) is 96.7 Å². The summed E-state index contributed by atoms with van der Waals surface area (Å²) in [5.74, 6) is -2.21. The van der Waals surface area contributed by atoms with Crippen molar-refractivity contribution < 1.29 is 80.2 Å². The highest BCUT2D eigenvalue weighted by atomic mass is 31.2. The predicted octanol–water partition coefficient (Wildman–Crippen LogP) is 22.2. The first-order valence-electron chi connectivity index (χ1n) is 38.8. The van der Waals surface area contributed by atoms with Gasteiger partial charge in [0.15, 0.2) is 12.2 Å². The molecule has 0 radical (unpaired) electrons. The molecule has 0 aliphatic heterocycles. The Morgan fingerprint density at radius 2 is 0.500 bits per heavy atom. The molecule has 0 aliphatic carbocycles. The van der Waals surface area contributed by atoms with Crippen molar-refractivity contribution in [2.45, 2.75) is 354 Å². The molecule has 0 aliphatic rings. The Morgan fingerprint density at radius 1 is 0.286 bits per heavy atom. The van der Waals surface area contributed by atoms with E-state index in [0.717, 1.165) is 173 Å². The number of ether oxygens (including phenoxy) is 4. The topological polar surface area (TPSA) is 237 Å². The van der Waals surface area contributed by atoms with E-state index in [9.17, 15) is 43.2 Å². The molecule has 3 unspecified atom stereocenters. The van der Waals surface area contributed by atoms with E-state index in [1.54, 1.807) is 0 Å². The van der Waals surface area contributed by atoms with Gasteiger partial charge in [0.2, 0.25) is 0 Å². The highest BCUT2D eigenvalue weighted by Crippen LogP contribution is 2.45. The van der Waals surface area contributed by atoms with E-state index in [1.165, 1.54) is 83.5 Å². The Labute approximate surface area is 595 Å². The molecule has 0 bridgehead atoms. The van der Waals surface area contributed by atoms with Crippen molar-refractivity contribution in [1.29, 1.82) is 0 Å². The second kappa shape index (κ2) is 71.6. The first-order valence-corrected chi connectivity index (χ1v) is 41.8. The van der Waals surface area contributed by atoms with Gasteiger partial charge in [-0.2, -0.15) is 0 Å². The van der Waals surface area contributed by atoms with Gasteiger partial charge in [-0.25, -0.2) is 9.13 Å².